The van der Waals surface area contributed by atoms with Crippen LogP contribution in [0, 0.1) is 10.8 Å². The first-order valence-electron chi connectivity index (χ1n) is 9.65. The van der Waals surface area contributed by atoms with Gasteiger partial charge in [-0.1, -0.05) is 32.9 Å². The average molecular weight is 362 g/mol. The van der Waals surface area contributed by atoms with Gasteiger partial charge in [-0.3, -0.25) is 4.57 Å². The standard InChI is InChI=1S/C21H26N6/c1-20(2)8-14-9-21(3,10-20)11-26(14)18-17(22)19(24-12-23-18)27-13-25-15-6-4-5-7-16(15)27/h4-7,12-14H,8-11,22H2,1-3H3. The maximum atomic E-state index is 6.62. The van der Waals surface area contributed by atoms with E-state index in [1.165, 1.54) is 19.3 Å². The van der Waals surface area contributed by atoms with E-state index in [0.29, 0.717) is 28.4 Å². The van der Waals surface area contributed by atoms with Gasteiger partial charge < -0.3 is 10.6 Å². The highest BCUT2D eigenvalue weighted by Crippen LogP contribution is 2.53. The summed E-state index contributed by atoms with van der Waals surface area (Å²) in [5, 5.41) is 0. The van der Waals surface area contributed by atoms with E-state index < -0.39 is 0 Å². The van der Waals surface area contributed by atoms with E-state index >= 15 is 0 Å². The van der Waals surface area contributed by atoms with Crippen LogP contribution in [0.4, 0.5) is 11.5 Å². The van der Waals surface area contributed by atoms with E-state index in [1.54, 1.807) is 12.7 Å². The zero-order chi connectivity index (χ0) is 18.8. The van der Waals surface area contributed by atoms with Gasteiger partial charge in [0, 0.05) is 12.6 Å². The van der Waals surface area contributed by atoms with Crippen LogP contribution in [0.3, 0.4) is 0 Å². The Balaban J connectivity index is 1.59. The van der Waals surface area contributed by atoms with E-state index in [2.05, 4.69) is 40.6 Å². The number of para-hydroxylation sites is 2. The van der Waals surface area contributed by atoms with Crippen molar-refractivity contribution in [2.45, 2.75) is 46.1 Å². The zero-order valence-corrected chi connectivity index (χ0v) is 16.2. The van der Waals surface area contributed by atoms with Crippen molar-refractivity contribution in [3.63, 3.8) is 0 Å². The van der Waals surface area contributed by atoms with Gasteiger partial charge in [-0.2, -0.15) is 0 Å². The van der Waals surface area contributed by atoms with Crippen LogP contribution in [0.15, 0.2) is 36.9 Å². The van der Waals surface area contributed by atoms with Gasteiger partial charge in [-0.05, 0) is 42.2 Å². The number of anilines is 2. The minimum Gasteiger partial charge on any atom is -0.393 e. The quantitative estimate of drug-likeness (QED) is 0.750. The summed E-state index contributed by atoms with van der Waals surface area (Å²) in [4.78, 5) is 16.0. The van der Waals surface area contributed by atoms with Crippen molar-refractivity contribution in [2.24, 2.45) is 10.8 Å². The first-order valence-corrected chi connectivity index (χ1v) is 9.65. The molecule has 5 rings (SSSR count). The van der Waals surface area contributed by atoms with Crippen LogP contribution in [0.25, 0.3) is 16.9 Å². The molecule has 1 aliphatic heterocycles. The predicted octanol–water partition coefficient (Wildman–Crippen LogP) is 3.80. The van der Waals surface area contributed by atoms with E-state index in [-0.39, 0.29) is 0 Å². The third kappa shape index (κ3) is 2.58. The van der Waals surface area contributed by atoms with Crippen molar-refractivity contribution in [3.05, 3.63) is 36.9 Å². The summed E-state index contributed by atoms with van der Waals surface area (Å²) >= 11 is 0. The van der Waals surface area contributed by atoms with Gasteiger partial charge in [-0.25, -0.2) is 15.0 Å². The molecule has 0 amide bonds. The van der Waals surface area contributed by atoms with Crippen molar-refractivity contribution < 1.29 is 0 Å². The Morgan fingerprint density at radius 2 is 1.81 bits per heavy atom. The number of hydrogen-bond acceptors (Lipinski definition) is 5. The van der Waals surface area contributed by atoms with Crippen LogP contribution in [0.5, 0.6) is 0 Å². The highest BCUT2D eigenvalue weighted by Gasteiger charge is 2.50. The van der Waals surface area contributed by atoms with E-state index in [0.717, 1.165) is 23.4 Å². The van der Waals surface area contributed by atoms with Gasteiger partial charge in [0.2, 0.25) is 0 Å². The molecule has 2 bridgehead atoms. The van der Waals surface area contributed by atoms with Crippen molar-refractivity contribution in [1.29, 1.82) is 0 Å². The lowest BCUT2D eigenvalue weighted by Gasteiger charge is -2.39. The van der Waals surface area contributed by atoms with Gasteiger partial charge in [0.1, 0.15) is 18.3 Å². The number of nitrogens with two attached hydrogens (primary N) is 1. The minimum absolute atomic E-state index is 0.325. The van der Waals surface area contributed by atoms with Crippen molar-refractivity contribution in [2.75, 3.05) is 17.2 Å². The second-order valence-corrected chi connectivity index (χ2v) is 9.38. The fourth-order valence-corrected chi connectivity index (χ4v) is 5.63. The number of fused-ring (bicyclic) bond motifs is 3. The van der Waals surface area contributed by atoms with Crippen LogP contribution in [0.2, 0.25) is 0 Å². The fourth-order valence-electron chi connectivity index (χ4n) is 5.63. The highest BCUT2D eigenvalue weighted by molar-refractivity contribution is 5.80. The molecule has 0 radical (unpaired) electrons. The monoisotopic (exact) mass is 362 g/mol. The highest BCUT2D eigenvalue weighted by atomic mass is 15.3. The molecular formula is C21H26N6. The minimum atomic E-state index is 0.325. The molecule has 6 nitrogen and oxygen atoms in total. The zero-order valence-electron chi connectivity index (χ0n) is 16.2. The number of hydrogen-bond donors (Lipinski definition) is 1. The first kappa shape index (κ1) is 16.5. The number of rotatable bonds is 2. The molecule has 0 spiro atoms. The van der Waals surface area contributed by atoms with Crippen LogP contribution in [-0.2, 0) is 0 Å². The van der Waals surface area contributed by atoms with Gasteiger partial charge in [0.25, 0.3) is 0 Å². The fraction of sp³-hybridized carbons (Fsp3) is 0.476. The molecular weight excluding hydrogens is 336 g/mol. The van der Waals surface area contributed by atoms with Crippen LogP contribution < -0.4 is 10.6 Å². The molecule has 27 heavy (non-hydrogen) atoms. The van der Waals surface area contributed by atoms with E-state index in [4.69, 9.17) is 5.73 Å². The molecule has 1 saturated heterocycles. The summed E-state index contributed by atoms with van der Waals surface area (Å²) in [6, 6.07) is 8.52. The molecule has 1 saturated carbocycles. The summed E-state index contributed by atoms with van der Waals surface area (Å²) in [5.41, 5.74) is 9.88. The van der Waals surface area contributed by atoms with Gasteiger partial charge in [0.05, 0.1) is 11.0 Å². The molecule has 2 unspecified atom stereocenters. The normalized spacial score (nSPS) is 26.6. The second kappa shape index (κ2) is 5.44. The third-order valence-electron chi connectivity index (χ3n) is 6.21. The summed E-state index contributed by atoms with van der Waals surface area (Å²) < 4.78 is 1.96. The lowest BCUT2D eigenvalue weighted by molar-refractivity contribution is 0.136. The molecule has 2 fully saturated rings. The van der Waals surface area contributed by atoms with Crippen LogP contribution in [-0.4, -0.2) is 32.1 Å². The maximum Gasteiger partial charge on any atom is 0.167 e. The molecule has 1 aromatic carbocycles. The summed E-state index contributed by atoms with van der Waals surface area (Å²) in [6.45, 7) is 8.18. The van der Waals surface area contributed by atoms with Gasteiger partial charge in [0.15, 0.2) is 11.6 Å². The van der Waals surface area contributed by atoms with Crippen molar-refractivity contribution >= 4 is 22.5 Å². The van der Waals surface area contributed by atoms with Crippen LogP contribution >= 0.6 is 0 Å². The Hall–Kier alpha value is -2.63. The predicted molar refractivity (Wildman–Crippen MR) is 108 cm³/mol. The molecule has 6 heteroatoms. The number of aromatic nitrogens is 4. The summed E-state index contributed by atoms with van der Waals surface area (Å²) in [7, 11) is 0. The smallest absolute Gasteiger partial charge is 0.167 e. The molecule has 2 aliphatic rings. The molecule has 140 valence electrons. The third-order valence-corrected chi connectivity index (χ3v) is 6.21. The average Bonchev–Trinajstić information content (AvgIpc) is 3.13. The molecule has 2 aromatic heterocycles. The Morgan fingerprint density at radius 1 is 1.04 bits per heavy atom. The second-order valence-electron chi connectivity index (χ2n) is 9.38. The van der Waals surface area contributed by atoms with Crippen molar-refractivity contribution in [3.8, 4) is 5.82 Å². The Morgan fingerprint density at radius 3 is 2.67 bits per heavy atom. The summed E-state index contributed by atoms with van der Waals surface area (Å²) in [5.74, 6) is 1.57. The van der Waals surface area contributed by atoms with E-state index in [1.807, 2.05) is 28.8 Å². The molecule has 3 aromatic rings. The first-order chi connectivity index (χ1) is 12.9. The number of nitrogen functional groups attached to an aromatic ring is 1. The van der Waals surface area contributed by atoms with Crippen LogP contribution in [0.1, 0.15) is 40.0 Å². The number of nitrogens with zero attached hydrogens (tertiary/aromatic N) is 5. The molecule has 3 heterocycles. The molecule has 2 N–H and O–H groups in total. The number of benzene rings is 1. The SMILES string of the molecule is CC1(C)CC2CC(C)(CN2c2ncnc(-n3cnc4ccccc43)c2N)C1. The van der Waals surface area contributed by atoms with Gasteiger partial charge >= 0.3 is 0 Å². The molecule has 1 aliphatic carbocycles. The molecule has 2 atom stereocenters. The van der Waals surface area contributed by atoms with E-state index in [9.17, 15) is 0 Å². The Labute approximate surface area is 159 Å². The van der Waals surface area contributed by atoms with Gasteiger partial charge in [-0.15, -0.1) is 0 Å². The Kier molecular flexibility index (Phi) is 3.33. The lowest BCUT2D eigenvalue weighted by atomic mass is 9.65. The number of imidazole rings is 1. The van der Waals surface area contributed by atoms with Crippen molar-refractivity contribution in [1.82, 2.24) is 19.5 Å². The Bertz CT molecular complexity index is 1020. The maximum absolute atomic E-state index is 6.62. The summed E-state index contributed by atoms with van der Waals surface area (Å²) in [6.07, 6.45) is 7.06. The largest absolute Gasteiger partial charge is 0.393 e. The topological polar surface area (TPSA) is 72.9 Å². The lowest BCUT2D eigenvalue weighted by Crippen LogP contribution is -2.35.